The lowest BCUT2D eigenvalue weighted by Crippen LogP contribution is -2.46. The quantitative estimate of drug-likeness (QED) is 0.661. The third kappa shape index (κ3) is 5.07. The number of benzene rings is 1. The van der Waals surface area contributed by atoms with Crippen LogP contribution in [-0.4, -0.2) is 32.0 Å². The van der Waals surface area contributed by atoms with Gasteiger partial charge in [-0.05, 0) is 32.0 Å². The van der Waals surface area contributed by atoms with Crippen LogP contribution in [0.5, 0.6) is 0 Å². The highest BCUT2D eigenvalue weighted by atomic mass is 32.2. The fourth-order valence-electron chi connectivity index (χ4n) is 1.83. The van der Waals surface area contributed by atoms with Crippen LogP contribution in [0.25, 0.3) is 0 Å². The van der Waals surface area contributed by atoms with E-state index in [4.69, 9.17) is 11.5 Å². The molecule has 5 N–H and O–H groups in total. The van der Waals surface area contributed by atoms with Crippen molar-refractivity contribution in [3.63, 3.8) is 0 Å². The van der Waals surface area contributed by atoms with E-state index in [-0.39, 0.29) is 22.6 Å². The fourth-order valence-corrected chi connectivity index (χ4v) is 2.52. The molecule has 1 aromatic rings. The van der Waals surface area contributed by atoms with Crippen molar-refractivity contribution in [1.82, 2.24) is 5.32 Å². The summed E-state index contributed by atoms with van der Waals surface area (Å²) in [4.78, 5) is 23.1. The lowest BCUT2D eigenvalue weighted by atomic mass is 9.99. The molecular weight excluding hydrogens is 294 g/mol. The van der Waals surface area contributed by atoms with Gasteiger partial charge in [0.15, 0.2) is 9.84 Å². The number of anilines is 1. The fraction of sp³-hybridized carbons (Fsp3) is 0.385. The molecule has 0 aromatic heterocycles. The second-order valence-corrected chi connectivity index (χ2v) is 7.56. The highest BCUT2D eigenvalue weighted by Crippen LogP contribution is 2.18. The molecule has 0 spiro atoms. The maximum atomic E-state index is 12.2. The Bertz CT molecular complexity index is 681. The van der Waals surface area contributed by atoms with Gasteiger partial charge in [0.1, 0.15) is 0 Å². The van der Waals surface area contributed by atoms with Crippen LogP contribution in [0.3, 0.4) is 0 Å². The molecule has 0 atom stereocenters. The summed E-state index contributed by atoms with van der Waals surface area (Å²) >= 11 is 0. The maximum absolute atomic E-state index is 12.2. The molecule has 116 valence electrons. The van der Waals surface area contributed by atoms with E-state index >= 15 is 0 Å². The number of carbonyl (C=O) groups is 2. The molecule has 0 fully saturated rings. The Kier molecular flexibility index (Phi) is 4.62. The molecule has 7 nitrogen and oxygen atoms in total. The Morgan fingerprint density at radius 2 is 1.81 bits per heavy atom. The number of nitrogens with two attached hydrogens (primary N) is 2. The largest absolute Gasteiger partial charge is 0.399 e. The predicted molar refractivity (Wildman–Crippen MR) is 79.3 cm³/mol. The molecule has 2 amide bonds. The summed E-state index contributed by atoms with van der Waals surface area (Å²) < 4.78 is 23.1. The summed E-state index contributed by atoms with van der Waals surface area (Å²) in [5, 5.41) is 2.62. The molecule has 21 heavy (non-hydrogen) atoms. The molecule has 0 heterocycles. The number of hydrogen-bond acceptors (Lipinski definition) is 5. The first-order valence-corrected chi connectivity index (χ1v) is 8.01. The number of hydrogen-bond donors (Lipinski definition) is 3. The van der Waals surface area contributed by atoms with Crippen LogP contribution in [-0.2, 0) is 14.6 Å². The van der Waals surface area contributed by atoms with E-state index in [9.17, 15) is 18.0 Å². The van der Waals surface area contributed by atoms with Gasteiger partial charge in [-0.15, -0.1) is 0 Å². The van der Waals surface area contributed by atoms with Gasteiger partial charge in [-0.2, -0.15) is 0 Å². The number of nitrogens with one attached hydrogen (secondary N) is 1. The van der Waals surface area contributed by atoms with E-state index in [1.54, 1.807) is 13.8 Å². The first-order chi connectivity index (χ1) is 9.40. The number of carbonyl (C=O) groups excluding carboxylic acids is 2. The van der Waals surface area contributed by atoms with Crippen LogP contribution in [0, 0.1) is 0 Å². The Morgan fingerprint density at radius 1 is 1.24 bits per heavy atom. The Labute approximate surface area is 123 Å². The van der Waals surface area contributed by atoms with E-state index < -0.39 is 27.2 Å². The van der Waals surface area contributed by atoms with Crippen molar-refractivity contribution in [2.45, 2.75) is 30.7 Å². The zero-order chi connectivity index (χ0) is 16.4. The van der Waals surface area contributed by atoms with Crippen molar-refractivity contribution in [2.75, 3.05) is 12.0 Å². The second-order valence-electron chi connectivity index (χ2n) is 5.54. The molecule has 8 heteroatoms. The zero-order valence-corrected chi connectivity index (χ0v) is 13.0. The smallest absolute Gasteiger partial charge is 0.251 e. The summed E-state index contributed by atoms with van der Waals surface area (Å²) in [5.41, 5.74) is 10.1. The number of nitrogen functional groups attached to an aromatic ring is 1. The molecular formula is C13H19N3O4S. The first kappa shape index (κ1) is 17.0. The van der Waals surface area contributed by atoms with Crippen molar-refractivity contribution in [3.05, 3.63) is 23.8 Å². The van der Waals surface area contributed by atoms with Crippen molar-refractivity contribution < 1.29 is 18.0 Å². The minimum Gasteiger partial charge on any atom is -0.399 e. The van der Waals surface area contributed by atoms with E-state index in [0.29, 0.717) is 0 Å². The Balaban J connectivity index is 3.09. The van der Waals surface area contributed by atoms with Gasteiger partial charge in [0.2, 0.25) is 5.91 Å². The average molecular weight is 313 g/mol. The van der Waals surface area contributed by atoms with Crippen molar-refractivity contribution in [2.24, 2.45) is 5.73 Å². The molecule has 0 radical (unpaired) electrons. The van der Waals surface area contributed by atoms with E-state index in [0.717, 1.165) is 6.26 Å². The van der Waals surface area contributed by atoms with Crippen LogP contribution < -0.4 is 16.8 Å². The van der Waals surface area contributed by atoms with E-state index in [1.165, 1.54) is 18.2 Å². The predicted octanol–water partition coefficient (Wildman–Crippen LogP) is 0.0561. The van der Waals surface area contributed by atoms with Crippen LogP contribution in [0.2, 0.25) is 0 Å². The molecule has 0 aliphatic heterocycles. The summed E-state index contributed by atoms with van der Waals surface area (Å²) in [5.74, 6) is -1.08. The number of primary amides is 1. The monoisotopic (exact) mass is 313 g/mol. The molecule has 0 saturated carbocycles. The van der Waals surface area contributed by atoms with Gasteiger partial charge in [0, 0.05) is 29.5 Å². The van der Waals surface area contributed by atoms with E-state index in [1.807, 2.05) is 0 Å². The lowest BCUT2D eigenvalue weighted by Gasteiger charge is -2.24. The minimum atomic E-state index is -3.48. The molecule has 0 bridgehead atoms. The summed E-state index contributed by atoms with van der Waals surface area (Å²) in [7, 11) is -3.48. The SMILES string of the molecule is CC(C)(CC(N)=O)NC(=O)c1cc(N)cc(S(C)(=O)=O)c1. The Hall–Kier alpha value is -2.09. The normalized spacial score (nSPS) is 12.0. The molecule has 1 rings (SSSR count). The van der Waals surface area contributed by atoms with Crippen molar-refractivity contribution >= 4 is 27.3 Å². The Morgan fingerprint density at radius 3 is 2.29 bits per heavy atom. The van der Waals surface area contributed by atoms with E-state index in [2.05, 4.69) is 5.32 Å². The first-order valence-electron chi connectivity index (χ1n) is 6.12. The number of amides is 2. The van der Waals surface area contributed by atoms with Crippen LogP contribution >= 0.6 is 0 Å². The van der Waals surface area contributed by atoms with Gasteiger partial charge in [-0.25, -0.2) is 8.42 Å². The molecule has 0 aliphatic rings. The third-order valence-corrected chi connectivity index (χ3v) is 3.78. The number of rotatable bonds is 5. The van der Waals surface area contributed by atoms with Crippen molar-refractivity contribution in [3.8, 4) is 0 Å². The summed E-state index contributed by atoms with van der Waals surface area (Å²) in [6.07, 6.45) is 0.987. The van der Waals surface area contributed by atoms with Crippen LogP contribution in [0.1, 0.15) is 30.6 Å². The number of sulfone groups is 1. The highest BCUT2D eigenvalue weighted by Gasteiger charge is 2.24. The van der Waals surface area contributed by atoms with Gasteiger partial charge in [0.25, 0.3) is 5.91 Å². The molecule has 1 aromatic carbocycles. The van der Waals surface area contributed by atoms with Crippen molar-refractivity contribution in [1.29, 1.82) is 0 Å². The third-order valence-electron chi connectivity index (χ3n) is 2.69. The maximum Gasteiger partial charge on any atom is 0.251 e. The highest BCUT2D eigenvalue weighted by molar-refractivity contribution is 7.90. The lowest BCUT2D eigenvalue weighted by molar-refractivity contribution is -0.119. The summed E-state index contributed by atoms with van der Waals surface area (Å²) in [6.45, 7) is 3.28. The van der Waals surface area contributed by atoms with Crippen LogP contribution in [0.4, 0.5) is 5.69 Å². The van der Waals surface area contributed by atoms with Gasteiger partial charge in [-0.1, -0.05) is 0 Å². The summed E-state index contributed by atoms with van der Waals surface area (Å²) in [6, 6.07) is 3.88. The molecule has 0 aliphatic carbocycles. The van der Waals surface area contributed by atoms with Gasteiger partial charge >= 0.3 is 0 Å². The minimum absolute atomic E-state index is 0.0413. The standard InChI is InChI=1S/C13H19N3O4S/c1-13(2,7-11(15)17)16-12(18)8-4-9(14)6-10(5-8)21(3,19)20/h4-6H,7,14H2,1-3H3,(H2,15,17)(H,16,18). The molecule has 0 unspecified atom stereocenters. The zero-order valence-electron chi connectivity index (χ0n) is 12.1. The van der Waals surface area contributed by atoms with Gasteiger partial charge in [0.05, 0.1) is 4.90 Å². The topological polar surface area (TPSA) is 132 Å². The van der Waals surface area contributed by atoms with Gasteiger partial charge in [-0.3, -0.25) is 9.59 Å². The second kappa shape index (κ2) is 5.72. The average Bonchev–Trinajstić information content (AvgIpc) is 2.24. The van der Waals surface area contributed by atoms with Crippen LogP contribution in [0.15, 0.2) is 23.1 Å². The van der Waals surface area contributed by atoms with Gasteiger partial charge < -0.3 is 16.8 Å². The molecule has 0 saturated heterocycles.